The smallest absolute Gasteiger partial charge is 0.410 e. The van der Waals surface area contributed by atoms with Gasteiger partial charge in [0.15, 0.2) is 6.10 Å². The van der Waals surface area contributed by atoms with Crippen molar-refractivity contribution in [3.8, 4) is 0 Å². The van der Waals surface area contributed by atoms with Crippen LogP contribution >= 0.6 is 0 Å². The van der Waals surface area contributed by atoms with Gasteiger partial charge in [-0.2, -0.15) is 0 Å². The van der Waals surface area contributed by atoms with Crippen LogP contribution in [0.1, 0.15) is 17.2 Å². The van der Waals surface area contributed by atoms with Crippen LogP contribution in [0, 0.1) is 5.92 Å². The molecule has 1 aliphatic rings. The molecule has 1 amide bonds. The molecule has 0 saturated carbocycles. The molecular formula is C21H24N2O5. The molecule has 1 heterocycles. The molecule has 2 aromatic rings. The summed E-state index contributed by atoms with van der Waals surface area (Å²) < 4.78 is 10.5. The van der Waals surface area contributed by atoms with Gasteiger partial charge in [0.25, 0.3) is 0 Å². The van der Waals surface area contributed by atoms with Gasteiger partial charge in [-0.25, -0.2) is 9.59 Å². The van der Waals surface area contributed by atoms with Gasteiger partial charge in [0.05, 0.1) is 6.61 Å². The van der Waals surface area contributed by atoms with Gasteiger partial charge in [-0.15, -0.1) is 0 Å². The molecule has 0 radical (unpaired) electrons. The Labute approximate surface area is 163 Å². The van der Waals surface area contributed by atoms with Crippen molar-refractivity contribution in [2.45, 2.75) is 18.8 Å². The topological polar surface area (TPSA) is 102 Å². The summed E-state index contributed by atoms with van der Waals surface area (Å²) in [5, 5.41) is 10.1. The van der Waals surface area contributed by atoms with Crippen LogP contribution in [-0.2, 0) is 20.9 Å². The summed E-state index contributed by atoms with van der Waals surface area (Å²) in [7, 11) is 0. The van der Waals surface area contributed by atoms with Crippen molar-refractivity contribution in [1.29, 1.82) is 0 Å². The Morgan fingerprint density at radius 1 is 1.04 bits per heavy atom. The van der Waals surface area contributed by atoms with Crippen molar-refractivity contribution in [1.82, 2.24) is 4.90 Å². The van der Waals surface area contributed by atoms with E-state index in [1.54, 1.807) is 30.3 Å². The third-order valence-electron chi connectivity index (χ3n) is 4.73. The van der Waals surface area contributed by atoms with Crippen molar-refractivity contribution in [3.63, 3.8) is 0 Å². The van der Waals surface area contributed by atoms with E-state index in [2.05, 4.69) is 0 Å². The van der Waals surface area contributed by atoms with E-state index in [0.29, 0.717) is 18.7 Å². The highest BCUT2D eigenvalue weighted by molar-refractivity contribution is 5.76. The van der Waals surface area contributed by atoms with Crippen molar-refractivity contribution in [2.24, 2.45) is 11.7 Å². The summed E-state index contributed by atoms with van der Waals surface area (Å²) in [6, 6.07) is 17.6. The Morgan fingerprint density at radius 2 is 1.68 bits per heavy atom. The summed E-state index contributed by atoms with van der Waals surface area (Å²) in [6.45, 7) is 0.890. The molecule has 1 aliphatic heterocycles. The second kappa shape index (κ2) is 9.34. The zero-order valence-electron chi connectivity index (χ0n) is 15.4. The highest BCUT2D eigenvalue weighted by atomic mass is 16.6. The fraction of sp³-hybridized carbons (Fsp3) is 0.333. The molecule has 7 heteroatoms. The van der Waals surface area contributed by atoms with Gasteiger partial charge in [0.2, 0.25) is 0 Å². The average Bonchev–Trinajstić information content (AvgIpc) is 3.11. The van der Waals surface area contributed by atoms with Gasteiger partial charge in [0.1, 0.15) is 6.61 Å². The molecule has 0 aromatic heterocycles. The van der Waals surface area contributed by atoms with Gasteiger partial charge in [-0.05, 0) is 11.1 Å². The monoisotopic (exact) mass is 384 g/mol. The van der Waals surface area contributed by atoms with E-state index >= 15 is 0 Å². The largest absolute Gasteiger partial charge is 0.463 e. The molecule has 2 aromatic carbocycles. The van der Waals surface area contributed by atoms with Gasteiger partial charge in [0, 0.05) is 25.0 Å². The second-order valence-corrected chi connectivity index (χ2v) is 6.81. The number of aliphatic hydroxyl groups excluding tert-OH is 1. The molecule has 28 heavy (non-hydrogen) atoms. The Balaban J connectivity index is 1.45. The maximum Gasteiger partial charge on any atom is 0.410 e. The highest BCUT2D eigenvalue weighted by Crippen LogP contribution is 2.19. The Bertz CT molecular complexity index is 784. The lowest BCUT2D eigenvalue weighted by molar-refractivity contribution is -0.155. The quantitative estimate of drug-likeness (QED) is 0.737. The minimum absolute atomic E-state index is 0.0341. The third kappa shape index (κ3) is 5.09. The standard InChI is InChI=1S/C21H24N2O5/c22-18-12-23(21(26)28-13-15-7-3-1-4-8-15)11-17(18)14-27-20(25)19(24)16-9-5-2-6-10-16/h1-10,17-19,24H,11-14,22H2/t17-,18-,19+/m1/s1. The predicted octanol–water partition coefficient (Wildman–Crippen LogP) is 1.86. The maximum atomic E-state index is 12.2. The number of benzene rings is 2. The van der Waals surface area contributed by atoms with Crippen LogP contribution in [0.2, 0.25) is 0 Å². The predicted molar refractivity (Wildman–Crippen MR) is 102 cm³/mol. The molecule has 1 fully saturated rings. The molecule has 0 bridgehead atoms. The lowest BCUT2D eigenvalue weighted by Crippen LogP contribution is -2.33. The highest BCUT2D eigenvalue weighted by Gasteiger charge is 2.35. The molecule has 148 valence electrons. The van der Waals surface area contributed by atoms with Gasteiger partial charge < -0.3 is 25.2 Å². The molecule has 7 nitrogen and oxygen atoms in total. The van der Waals surface area contributed by atoms with Crippen LogP contribution < -0.4 is 5.73 Å². The summed E-state index contributed by atoms with van der Waals surface area (Å²) >= 11 is 0. The van der Waals surface area contributed by atoms with Crippen molar-refractivity contribution in [3.05, 3.63) is 71.8 Å². The average molecular weight is 384 g/mol. The number of nitrogens with zero attached hydrogens (tertiary/aromatic N) is 1. The Kier molecular flexibility index (Phi) is 6.62. The maximum absolute atomic E-state index is 12.2. The van der Waals surface area contributed by atoms with Crippen LogP contribution in [0.25, 0.3) is 0 Å². The van der Waals surface area contributed by atoms with Gasteiger partial charge >= 0.3 is 12.1 Å². The third-order valence-corrected chi connectivity index (χ3v) is 4.73. The molecule has 0 unspecified atom stereocenters. The molecule has 1 saturated heterocycles. The lowest BCUT2D eigenvalue weighted by Gasteiger charge is -2.17. The van der Waals surface area contributed by atoms with E-state index in [9.17, 15) is 14.7 Å². The van der Waals surface area contributed by atoms with Crippen LogP contribution in [0.15, 0.2) is 60.7 Å². The van der Waals surface area contributed by atoms with Crippen LogP contribution in [-0.4, -0.2) is 47.8 Å². The summed E-state index contributed by atoms with van der Waals surface area (Å²) in [5.74, 6) is -0.945. The van der Waals surface area contributed by atoms with E-state index in [4.69, 9.17) is 15.2 Å². The second-order valence-electron chi connectivity index (χ2n) is 6.81. The number of carbonyl (C=O) groups is 2. The van der Waals surface area contributed by atoms with Crippen molar-refractivity contribution < 1.29 is 24.2 Å². The summed E-state index contributed by atoms with van der Waals surface area (Å²) in [4.78, 5) is 25.8. The van der Waals surface area contributed by atoms with E-state index in [1.165, 1.54) is 4.90 Å². The van der Waals surface area contributed by atoms with Crippen LogP contribution in [0.4, 0.5) is 4.79 Å². The number of hydrogen-bond acceptors (Lipinski definition) is 6. The normalized spacial score (nSPS) is 19.9. The number of amides is 1. The first kappa shape index (κ1) is 19.9. The fourth-order valence-electron chi connectivity index (χ4n) is 3.07. The minimum Gasteiger partial charge on any atom is -0.463 e. The first-order valence-electron chi connectivity index (χ1n) is 9.15. The molecular weight excluding hydrogens is 360 g/mol. The van der Waals surface area contributed by atoms with E-state index in [1.807, 2.05) is 30.3 Å². The van der Waals surface area contributed by atoms with Crippen molar-refractivity contribution in [2.75, 3.05) is 19.7 Å². The number of nitrogens with two attached hydrogens (primary N) is 1. The van der Waals surface area contributed by atoms with Crippen LogP contribution in [0.5, 0.6) is 0 Å². The molecule has 3 rings (SSSR count). The van der Waals surface area contributed by atoms with E-state index in [0.717, 1.165) is 5.56 Å². The minimum atomic E-state index is -1.34. The SMILES string of the molecule is N[C@@H]1CN(C(=O)OCc2ccccc2)C[C@@H]1COC(=O)[C@@H](O)c1ccccc1. The zero-order valence-corrected chi connectivity index (χ0v) is 15.4. The number of likely N-dealkylation sites (tertiary alicyclic amines) is 1. The fourth-order valence-corrected chi connectivity index (χ4v) is 3.07. The van der Waals surface area contributed by atoms with Gasteiger partial charge in [-0.1, -0.05) is 60.7 Å². The number of hydrogen-bond donors (Lipinski definition) is 2. The molecule has 0 spiro atoms. The Morgan fingerprint density at radius 3 is 2.36 bits per heavy atom. The number of esters is 1. The van der Waals surface area contributed by atoms with E-state index < -0.39 is 18.2 Å². The first-order valence-corrected chi connectivity index (χ1v) is 9.15. The van der Waals surface area contributed by atoms with E-state index in [-0.39, 0.29) is 25.2 Å². The number of aliphatic hydroxyl groups is 1. The number of carbonyl (C=O) groups excluding carboxylic acids is 2. The number of rotatable bonds is 6. The van der Waals surface area contributed by atoms with Crippen LogP contribution in [0.3, 0.4) is 0 Å². The number of ether oxygens (including phenoxy) is 2. The molecule has 3 N–H and O–H groups in total. The summed E-state index contributed by atoms with van der Waals surface area (Å²) in [5.41, 5.74) is 7.45. The van der Waals surface area contributed by atoms with Gasteiger partial charge in [-0.3, -0.25) is 0 Å². The first-order chi connectivity index (χ1) is 13.5. The van der Waals surface area contributed by atoms with Crippen molar-refractivity contribution >= 4 is 12.1 Å². The Hall–Kier alpha value is -2.90. The summed E-state index contributed by atoms with van der Waals surface area (Å²) in [6.07, 6.45) is -1.79. The molecule has 3 atom stereocenters. The zero-order chi connectivity index (χ0) is 19.9. The molecule has 0 aliphatic carbocycles. The lowest BCUT2D eigenvalue weighted by atomic mass is 10.1.